The summed E-state index contributed by atoms with van der Waals surface area (Å²) in [6, 6.07) is 25.1. The SMILES string of the molecule is Cc1ccccc1C(=O)NC(=S)Nc1ccc(OCCc2ccccc2)cc1. The van der Waals surface area contributed by atoms with E-state index in [0.29, 0.717) is 12.2 Å². The van der Waals surface area contributed by atoms with Gasteiger partial charge in [-0.3, -0.25) is 10.1 Å². The standard InChI is InChI=1S/C23H22N2O2S/c1-17-7-5-6-10-21(17)22(26)25-23(28)24-19-11-13-20(14-12-19)27-16-15-18-8-3-2-4-9-18/h2-14H,15-16H2,1H3,(H2,24,25,26,28). The highest BCUT2D eigenvalue weighted by molar-refractivity contribution is 7.80. The summed E-state index contributed by atoms with van der Waals surface area (Å²) in [5.74, 6) is 0.563. The molecule has 3 aromatic rings. The summed E-state index contributed by atoms with van der Waals surface area (Å²) >= 11 is 5.24. The molecule has 0 saturated heterocycles. The Kier molecular flexibility index (Phi) is 6.76. The van der Waals surface area contributed by atoms with Gasteiger partial charge in [-0.2, -0.15) is 0 Å². The average Bonchev–Trinajstić information content (AvgIpc) is 2.70. The number of aryl methyl sites for hydroxylation is 1. The summed E-state index contributed by atoms with van der Waals surface area (Å²) in [4.78, 5) is 12.3. The van der Waals surface area contributed by atoms with Crippen LogP contribution in [-0.4, -0.2) is 17.6 Å². The van der Waals surface area contributed by atoms with Gasteiger partial charge in [-0.15, -0.1) is 0 Å². The van der Waals surface area contributed by atoms with E-state index in [4.69, 9.17) is 17.0 Å². The zero-order chi connectivity index (χ0) is 19.8. The Morgan fingerprint density at radius 1 is 0.929 bits per heavy atom. The van der Waals surface area contributed by atoms with Gasteiger partial charge >= 0.3 is 0 Å². The number of thiocarbonyl (C=S) groups is 1. The minimum Gasteiger partial charge on any atom is -0.493 e. The maximum Gasteiger partial charge on any atom is 0.257 e. The van der Waals surface area contributed by atoms with Crippen molar-refractivity contribution in [2.75, 3.05) is 11.9 Å². The van der Waals surface area contributed by atoms with Gasteiger partial charge in [0.25, 0.3) is 5.91 Å². The van der Waals surface area contributed by atoms with Crippen molar-refractivity contribution in [2.45, 2.75) is 13.3 Å². The molecular weight excluding hydrogens is 368 g/mol. The van der Waals surface area contributed by atoms with Crippen LogP contribution in [0.25, 0.3) is 0 Å². The zero-order valence-electron chi connectivity index (χ0n) is 15.6. The summed E-state index contributed by atoms with van der Waals surface area (Å²) in [5.41, 5.74) is 3.54. The first-order chi connectivity index (χ1) is 13.6. The fourth-order valence-corrected chi connectivity index (χ4v) is 2.94. The number of hydrogen-bond acceptors (Lipinski definition) is 3. The Morgan fingerprint density at radius 2 is 1.61 bits per heavy atom. The van der Waals surface area contributed by atoms with E-state index in [-0.39, 0.29) is 11.0 Å². The van der Waals surface area contributed by atoms with Crippen LogP contribution in [0.1, 0.15) is 21.5 Å². The fraction of sp³-hybridized carbons (Fsp3) is 0.130. The number of nitrogens with one attached hydrogen (secondary N) is 2. The first-order valence-corrected chi connectivity index (χ1v) is 9.47. The lowest BCUT2D eigenvalue weighted by atomic mass is 10.1. The van der Waals surface area contributed by atoms with Crippen LogP contribution in [0.2, 0.25) is 0 Å². The van der Waals surface area contributed by atoms with Gasteiger partial charge in [0.1, 0.15) is 5.75 Å². The number of amides is 1. The van der Waals surface area contributed by atoms with E-state index in [1.54, 1.807) is 6.07 Å². The van der Waals surface area contributed by atoms with Gasteiger partial charge in [-0.1, -0.05) is 48.5 Å². The predicted octanol–water partition coefficient (Wildman–Crippen LogP) is 4.74. The zero-order valence-corrected chi connectivity index (χ0v) is 16.5. The number of carbonyl (C=O) groups is 1. The average molecular weight is 391 g/mol. The van der Waals surface area contributed by atoms with E-state index in [1.165, 1.54) is 5.56 Å². The molecule has 3 aromatic carbocycles. The Balaban J connectivity index is 1.47. The van der Waals surface area contributed by atoms with Crippen molar-refractivity contribution < 1.29 is 9.53 Å². The van der Waals surface area contributed by atoms with Crippen LogP contribution in [0.3, 0.4) is 0 Å². The molecule has 3 rings (SSSR count). The second kappa shape index (κ2) is 9.67. The van der Waals surface area contributed by atoms with Gasteiger partial charge < -0.3 is 10.1 Å². The molecule has 0 radical (unpaired) electrons. The van der Waals surface area contributed by atoms with Gasteiger partial charge in [0.05, 0.1) is 6.61 Å². The summed E-state index contributed by atoms with van der Waals surface area (Å²) in [6.07, 6.45) is 0.857. The largest absolute Gasteiger partial charge is 0.493 e. The van der Waals surface area contributed by atoms with Crippen LogP contribution < -0.4 is 15.4 Å². The summed E-state index contributed by atoms with van der Waals surface area (Å²) < 4.78 is 5.78. The van der Waals surface area contributed by atoms with Gasteiger partial charge in [0.2, 0.25) is 0 Å². The number of benzene rings is 3. The Morgan fingerprint density at radius 3 is 2.32 bits per heavy atom. The topological polar surface area (TPSA) is 50.4 Å². The van der Waals surface area contributed by atoms with Gasteiger partial charge in [0.15, 0.2) is 5.11 Å². The monoisotopic (exact) mass is 390 g/mol. The third kappa shape index (κ3) is 5.66. The number of carbonyl (C=O) groups excluding carboxylic acids is 1. The van der Waals surface area contributed by atoms with Crippen LogP contribution in [0.4, 0.5) is 5.69 Å². The van der Waals surface area contributed by atoms with Crippen molar-refractivity contribution in [3.05, 3.63) is 95.6 Å². The lowest BCUT2D eigenvalue weighted by Crippen LogP contribution is -2.34. The van der Waals surface area contributed by atoms with Crippen molar-refractivity contribution in [1.82, 2.24) is 5.32 Å². The molecule has 0 bridgehead atoms. The van der Waals surface area contributed by atoms with Crippen LogP contribution in [0.15, 0.2) is 78.9 Å². The van der Waals surface area contributed by atoms with Crippen molar-refractivity contribution in [2.24, 2.45) is 0 Å². The summed E-state index contributed by atoms with van der Waals surface area (Å²) in [5, 5.41) is 5.97. The highest BCUT2D eigenvalue weighted by Crippen LogP contribution is 2.16. The maximum atomic E-state index is 12.3. The lowest BCUT2D eigenvalue weighted by molar-refractivity contribution is 0.0977. The molecule has 0 fully saturated rings. The lowest BCUT2D eigenvalue weighted by Gasteiger charge is -2.12. The quantitative estimate of drug-likeness (QED) is 0.597. The van der Waals surface area contributed by atoms with E-state index < -0.39 is 0 Å². The molecule has 0 aromatic heterocycles. The third-order valence-electron chi connectivity index (χ3n) is 4.23. The molecule has 0 aliphatic carbocycles. The van der Waals surface area contributed by atoms with E-state index in [1.807, 2.05) is 67.6 Å². The van der Waals surface area contributed by atoms with E-state index in [9.17, 15) is 4.79 Å². The van der Waals surface area contributed by atoms with Gasteiger partial charge in [-0.05, 0) is 60.6 Å². The van der Waals surface area contributed by atoms with Crippen LogP contribution in [0, 0.1) is 6.92 Å². The number of hydrogen-bond donors (Lipinski definition) is 2. The smallest absolute Gasteiger partial charge is 0.257 e. The molecule has 0 heterocycles. The molecule has 0 atom stereocenters. The maximum absolute atomic E-state index is 12.3. The highest BCUT2D eigenvalue weighted by Gasteiger charge is 2.10. The van der Waals surface area contributed by atoms with Crippen molar-refractivity contribution in [1.29, 1.82) is 0 Å². The molecular formula is C23H22N2O2S. The molecule has 2 N–H and O–H groups in total. The number of ether oxygens (including phenoxy) is 1. The third-order valence-corrected chi connectivity index (χ3v) is 4.44. The molecule has 0 aliphatic rings. The normalized spacial score (nSPS) is 10.2. The fourth-order valence-electron chi connectivity index (χ4n) is 2.73. The Hall–Kier alpha value is -3.18. The minimum atomic E-state index is -0.225. The van der Waals surface area contributed by atoms with Crippen molar-refractivity contribution >= 4 is 28.9 Å². The van der Waals surface area contributed by atoms with E-state index in [0.717, 1.165) is 23.4 Å². The summed E-state index contributed by atoms with van der Waals surface area (Å²) in [7, 11) is 0. The van der Waals surface area contributed by atoms with Crippen LogP contribution >= 0.6 is 12.2 Å². The van der Waals surface area contributed by atoms with E-state index in [2.05, 4.69) is 22.8 Å². The molecule has 0 unspecified atom stereocenters. The van der Waals surface area contributed by atoms with Gasteiger partial charge in [0, 0.05) is 17.7 Å². The molecule has 1 amide bonds. The predicted molar refractivity (Wildman–Crippen MR) is 117 cm³/mol. The minimum absolute atomic E-state index is 0.225. The molecule has 5 heteroatoms. The van der Waals surface area contributed by atoms with Crippen molar-refractivity contribution in [3.8, 4) is 5.75 Å². The summed E-state index contributed by atoms with van der Waals surface area (Å²) in [6.45, 7) is 2.50. The first kappa shape index (κ1) is 19.6. The molecule has 4 nitrogen and oxygen atoms in total. The first-order valence-electron chi connectivity index (χ1n) is 9.06. The molecule has 0 aliphatic heterocycles. The van der Waals surface area contributed by atoms with Crippen LogP contribution in [-0.2, 0) is 6.42 Å². The molecule has 28 heavy (non-hydrogen) atoms. The Bertz CT molecular complexity index is 940. The van der Waals surface area contributed by atoms with Gasteiger partial charge in [-0.25, -0.2) is 0 Å². The second-order valence-electron chi connectivity index (χ2n) is 6.33. The van der Waals surface area contributed by atoms with E-state index >= 15 is 0 Å². The number of rotatable bonds is 6. The molecule has 0 spiro atoms. The highest BCUT2D eigenvalue weighted by atomic mass is 32.1. The second-order valence-corrected chi connectivity index (χ2v) is 6.74. The Labute approximate surface area is 170 Å². The molecule has 142 valence electrons. The number of anilines is 1. The van der Waals surface area contributed by atoms with Crippen LogP contribution in [0.5, 0.6) is 5.75 Å². The molecule has 0 saturated carbocycles. The van der Waals surface area contributed by atoms with Crippen molar-refractivity contribution in [3.63, 3.8) is 0 Å².